The van der Waals surface area contributed by atoms with Crippen LogP contribution in [0.15, 0.2) is 73.1 Å². The van der Waals surface area contributed by atoms with Crippen molar-refractivity contribution in [2.75, 3.05) is 102 Å². The van der Waals surface area contributed by atoms with Gasteiger partial charge >= 0.3 is 0 Å². The maximum atomic E-state index is 13.2. The largest absolute Gasteiger partial charge is 0.494 e. The Morgan fingerprint density at radius 1 is 0.841 bits per heavy atom. The van der Waals surface area contributed by atoms with Crippen LogP contribution >= 0.6 is 11.6 Å². The van der Waals surface area contributed by atoms with Gasteiger partial charge in [0.1, 0.15) is 11.8 Å². The Bertz CT molecular complexity index is 2660. The van der Waals surface area contributed by atoms with E-state index < -0.39 is 29.7 Å². The quantitative estimate of drug-likeness (QED) is 0.0474. The maximum absolute atomic E-state index is 13.2. The fraction of sp³-hybridized carbons (Fsp3) is 0.408. The van der Waals surface area contributed by atoms with E-state index in [0.717, 1.165) is 58.7 Å². The number of aromatic amines is 1. The molecule has 20 heteroatoms. The summed E-state index contributed by atoms with van der Waals surface area (Å²) in [5.41, 5.74) is 5.13. The van der Waals surface area contributed by atoms with Crippen LogP contribution in [0.1, 0.15) is 52.8 Å². The number of H-pyrrole nitrogens is 1. The van der Waals surface area contributed by atoms with Gasteiger partial charge in [-0.25, -0.2) is 9.97 Å². The van der Waals surface area contributed by atoms with Gasteiger partial charge in [0, 0.05) is 79.2 Å². The highest BCUT2D eigenvalue weighted by Crippen LogP contribution is 2.36. The zero-order valence-corrected chi connectivity index (χ0v) is 39.3. The number of para-hydroxylation sites is 1. The van der Waals surface area contributed by atoms with Crippen molar-refractivity contribution in [2.45, 2.75) is 44.2 Å². The first-order chi connectivity index (χ1) is 33.6. The summed E-state index contributed by atoms with van der Waals surface area (Å²) >= 11 is 6.56. The monoisotopic (exact) mass is 965 g/mol. The number of hydrogen-bond acceptors (Lipinski definition) is 15. The Kier molecular flexibility index (Phi) is 16.3. The third kappa shape index (κ3) is 11.6. The molecular weight excluding hydrogens is 910 g/mol. The molecule has 8 rings (SSSR count). The Morgan fingerprint density at radius 2 is 1.57 bits per heavy atom. The smallest absolute Gasteiger partial charge is 0.264 e. The van der Waals surface area contributed by atoms with Crippen molar-refractivity contribution in [3.63, 3.8) is 0 Å². The minimum Gasteiger partial charge on any atom is -0.494 e. The molecule has 2 aromatic heterocycles. The van der Waals surface area contributed by atoms with Crippen LogP contribution in [0.3, 0.4) is 0 Å². The van der Waals surface area contributed by atoms with Gasteiger partial charge in [-0.3, -0.25) is 34.2 Å². The molecule has 0 aliphatic carbocycles. The van der Waals surface area contributed by atoms with Gasteiger partial charge in [0.25, 0.3) is 11.8 Å². The minimum atomic E-state index is -1.02. The second-order valence-corrected chi connectivity index (χ2v) is 17.1. The number of aromatic nitrogens is 3. The highest BCUT2D eigenvalue weighted by molar-refractivity contribution is 6.33. The van der Waals surface area contributed by atoms with E-state index >= 15 is 0 Å². The number of methoxy groups -OCH3 is 1. The first-order valence-corrected chi connectivity index (χ1v) is 23.4. The van der Waals surface area contributed by atoms with Crippen LogP contribution in [-0.4, -0.2) is 153 Å². The standard InChI is InChI=1S/C49H56ClN9O10/c1-57(31-14-18-58(19-15-31)32-10-11-38(41(28-32)65-2)54-49-53-30-36(50)45(56-49)35-29-52-37-8-4-3-6-33(35)37)43(61)16-20-66-22-24-68-26-27-69-25-23-67-21-17-51-39-9-5-7-34-44(39)48(64)59(47(34)63)40-12-13-42(60)55-46(40)62/h3-11,28-31,40,51-52H,12-27H2,1-2H3,(H,53,54,56)(H,55,60,62). The number of hydrogen-bond donors (Lipinski definition) is 4. The summed E-state index contributed by atoms with van der Waals surface area (Å²) in [7, 11) is 3.50. The van der Waals surface area contributed by atoms with Gasteiger partial charge in [-0.05, 0) is 49.6 Å². The molecule has 5 heterocycles. The molecule has 2 fully saturated rings. The number of fused-ring (bicyclic) bond motifs is 2. The lowest BCUT2D eigenvalue weighted by Crippen LogP contribution is -2.54. The second-order valence-electron chi connectivity index (χ2n) is 16.7. The van der Waals surface area contributed by atoms with E-state index in [1.165, 1.54) is 0 Å². The summed E-state index contributed by atoms with van der Waals surface area (Å²) in [6.45, 7) is 4.78. The molecule has 69 heavy (non-hydrogen) atoms. The maximum Gasteiger partial charge on any atom is 0.264 e. The number of nitrogens with zero attached hydrogens (tertiary/aromatic N) is 5. The molecule has 5 aromatic rings. The molecule has 0 radical (unpaired) electrons. The van der Waals surface area contributed by atoms with Gasteiger partial charge in [0.2, 0.25) is 23.7 Å². The highest BCUT2D eigenvalue weighted by Gasteiger charge is 2.45. The number of ether oxygens (including phenoxy) is 5. The number of imide groups is 2. The molecule has 3 aromatic carbocycles. The number of rotatable bonds is 23. The fourth-order valence-electron chi connectivity index (χ4n) is 8.72. The van der Waals surface area contributed by atoms with Crippen LogP contribution in [0.4, 0.5) is 23.0 Å². The molecule has 2 saturated heterocycles. The third-order valence-electron chi connectivity index (χ3n) is 12.4. The Hall–Kier alpha value is -6.64. The first kappa shape index (κ1) is 48.8. The van der Waals surface area contributed by atoms with Crippen LogP contribution < -0.4 is 25.6 Å². The predicted octanol–water partition coefficient (Wildman–Crippen LogP) is 5.43. The summed E-state index contributed by atoms with van der Waals surface area (Å²) in [5, 5.41) is 10.1. The molecule has 364 valence electrons. The van der Waals surface area contributed by atoms with E-state index in [1.807, 2.05) is 60.6 Å². The van der Waals surface area contributed by atoms with Gasteiger partial charge in [-0.2, -0.15) is 0 Å². The zero-order chi connectivity index (χ0) is 48.3. The van der Waals surface area contributed by atoms with Crippen molar-refractivity contribution in [1.82, 2.24) is 30.1 Å². The van der Waals surface area contributed by atoms with Crippen molar-refractivity contribution in [3.8, 4) is 17.0 Å². The Balaban J connectivity index is 0.655. The average molecular weight is 966 g/mol. The summed E-state index contributed by atoms with van der Waals surface area (Å²) in [6.07, 6.45) is 5.59. The van der Waals surface area contributed by atoms with E-state index in [9.17, 15) is 24.0 Å². The van der Waals surface area contributed by atoms with Crippen molar-refractivity contribution in [1.29, 1.82) is 0 Å². The molecule has 4 N–H and O–H groups in total. The number of piperidine rings is 2. The molecule has 1 unspecified atom stereocenters. The van der Waals surface area contributed by atoms with E-state index in [4.69, 9.17) is 40.3 Å². The first-order valence-electron chi connectivity index (χ1n) is 23.1. The van der Waals surface area contributed by atoms with Crippen molar-refractivity contribution >= 4 is 75.1 Å². The van der Waals surface area contributed by atoms with Gasteiger partial charge < -0.3 is 49.1 Å². The molecule has 0 spiro atoms. The Labute approximate surface area is 404 Å². The number of nitrogens with one attached hydrogen (secondary N) is 4. The molecule has 3 aliphatic heterocycles. The average Bonchev–Trinajstić information content (AvgIpc) is 3.90. The van der Waals surface area contributed by atoms with Gasteiger partial charge in [-0.15, -0.1) is 0 Å². The summed E-state index contributed by atoms with van der Waals surface area (Å²) < 4.78 is 28.3. The molecule has 3 aliphatic rings. The normalized spacial score (nSPS) is 16.2. The summed E-state index contributed by atoms with van der Waals surface area (Å²) in [4.78, 5) is 80.8. The number of carbonyl (C=O) groups excluding carboxylic acids is 5. The van der Waals surface area contributed by atoms with Crippen LogP contribution in [0.5, 0.6) is 5.75 Å². The van der Waals surface area contributed by atoms with Crippen molar-refractivity contribution < 1.29 is 47.7 Å². The van der Waals surface area contributed by atoms with Gasteiger partial charge in [-0.1, -0.05) is 35.9 Å². The van der Waals surface area contributed by atoms with Crippen LogP contribution in [0.2, 0.25) is 5.02 Å². The molecule has 1 atom stereocenters. The summed E-state index contributed by atoms with van der Waals surface area (Å²) in [6, 6.07) is 18.0. The van der Waals surface area contributed by atoms with E-state index in [2.05, 4.69) is 30.8 Å². The number of benzene rings is 3. The van der Waals surface area contributed by atoms with E-state index in [1.54, 1.807) is 31.5 Å². The lowest BCUT2D eigenvalue weighted by Gasteiger charge is -2.38. The topological polar surface area (TPSA) is 219 Å². The van der Waals surface area contributed by atoms with Crippen LogP contribution in [0.25, 0.3) is 22.2 Å². The van der Waals surface area contributed by atoms with E-state index in [0.29, 0.717) is 87.5 Å². The molecular formula is C49H56ClN9O10. The van der Waals surface area contributed by atoms with Crippen molar-refractivity contribution in [3.05, 3.63) is 89.2 Å². The number of halogens is 1. The molecule has 0 bridgehead atoms. The number of carbonyl (C=O) groups is 5. The fourth-order valence-corrected chi connectivity index (χ4v) is 8.91. The van der Waals surface area contributed by atoms with Gasteiger partial charge in [0.15, 0.2) is 0 Å². The number of amides is 5. The zero-order valence-electron chi connectivity index (χ0n) is 38.6. The van der Waals surface area contributed by atoms with E-state index in [-0.39, 0.29) is 42.3 Å². The number of anilines is 4. The van der Waals surface area contributed by atoms with Crippen LogP contribution in [0, 0.1) is 0 Å². The van der Waals surface area contributed by atoms with Gasteiger partial charge in [0.05, 0.1) is 100 Å². The molecule has 0 saturated carbocycles. The van der Waals surface area contributed by atoms with Crippen molar-refractivity contribution in [2.24, 2.45) is 0 Å². The second kappa shape index (κ2) is 23.1. The summed E-state index contributed by atoms with van der Waals surface area (Å²) in [5.74, 6) is -1.11. The Morgan fingerprint density at radius 3 is 2.30 bits per heavy atom. The highest BCUT2D eigenvalue weighted by atomic mass is 35.5. The lowest BCUT2D eigenvalue weighted by atomic mass is 10.0. The predicted molar refractivity (Wildman–Crippen MR) is 258 cm³/mol. The lowest BCUT2D eigenvalue weighted by molar-refractivity contribution is -0.136. The molecule has 19 nitrogen and oxygen atoms in total. The minimum absolute atomic E-state index is 0.0451. The third-order valence-corrected chi connectivity index (χ3v) is 12.7. The molecule has 5 amide bonds. The SMILES string of the molecule is COc1cc(N2CCC(N(C)C(=O)CCOCCOCCOCCOCCNc3cccc4c3C(=O)N(C3CCC(=O)NC3=O)C4=O)CC2)ccc1Nc1ncc(Cl)c(-c2c[nH]c3ccccc23)n1. The van der Waals surface area contributed by atoms with Crippen LogP contribution in [-0.2, 0) is 33.3 Å².